The number of aromatic nitrogens is 5. The Morgan fingerprint density at radius 3 is 2.83 bits per heavy atom. The molecular weight excluding hydrogens is 232 g/mol. The summed E-state index contributed by atoms with van der Waals surface area (Å²) in [4.78, 5) is 5.66. The van der Waals surface area contributed by atoms with Gasteiger partial charge in [0, 0.05) is 18.2 Å². The minimum absolute atomic E-state index is 0.105. The zero-order valence-corrected chi connectivity index (χ0v) is 10.4. The van der Waals surface area contributed by atoms with Crippen molar-refractivity contribution in [3.05, 3.63) is 29.8 Å². The minimum atomic E-state index is 0.105. The van der Waals surface area contributed by atoms with E-state index >= 15 is 0 Å². The topological polar surface area (TPSA) is 91.7 Å². The number of pyridine rings is 1. The van der Waals surface area contributed by atoms with Crippen molar-refractivity contribution < 1.29 is 4.74 Å². The normalized spacial score (nSPS) is 12.4. The Bertz CT molecular complexity index is 492. The Morgan fingerprint density at radius 2 is 2.28 bits per heavy atom. The number of nitrogens with zero attached hydrogens (tertiary/aromatic N) is 5. The first-order valence-corrected chi connectivity index (χ1v) is 5.69. The van der Waals surface area contributed by atoms with Gasteiger partial charge in [0.1, 0.15) is 5.75 Å². The first kappa shape index (κ1) is 12.4. The maximum absolute atomic E-state index is 5.70. The van der Waals surface area contributed by atoms with Gasteiger partial charge in [-0.05, 0) is 24.3 Å². The van der Waals surface area contributed by atoms with Crippen LogP contribution in [0, 0.1) is 0 Å². The third-order valence-electron chi connectivity index (χ3n) is 2.25. The Hall–Kier alpha value is -2.02. The third kappa shape index (κ3) is 3.49. The second-order valence-electron chi connectivity index (χ2n) is 4.15. The molecule has 2 N–H and O–H groups in total. The zero-order chi connectivity index (χ0) is 13.0. The Kier molecular flexibility index (Phi) is 3.83. The van der Waals surface area contributed by atoms with Crippen LogP contribution in [-0.2, 0) is 20.1 Å². The van der Waals surface area contributed by atoms with Crippen LogP contribution in [0.4, 0.5) is 0 Å². The lowest BCUT2D eigenvalue weighted by Crippen LogP contribution is -2.18. The van der Waals surface area contributed by atoms with Crippen LogP contribution in [0.2, 0.25) is 0 Å². The van der Waals surface area contributed by atoms with Crippen LogP contribution in [0.3, 0.4) is 0 Å². The predicted octanol–water partition coefficient (Wildman–Crippen LogP) is 0.0738. The first-order chi connectivity index (χ1) is 8.63. The highest BCUT2D eigenvalue weighted by Gasteiger charge is 2.03. The Labute approximate surface area is 105 Å². The SMILES string of the molecule is CC(N)Cc1ccc(OCc2nnn(C)n2)cn1. The molecule has 1 unspecified atom stereocenters. The molecule has 0 aliphatic heterocycles. The van der Waals surface area contributed by atoms with Crippen molar-refractivity contribution in [2.75, 3.05) is 0 Å². The van der Waals surface area contributed by atoms with E-state index in [2.05, 4.69) is 20.4 Å². The molecule has 1 atom stereocenters. The van der Waals surface area contributed by atoms with Gasteiger partial charge in [0.15, 0.2) is 6.61 Å². The van der Waals surface area contributed by atoms with Crippen LogP contribution in [0.25, 0.3) is 0 Å². The standard InChI is InChI=1S/C11H16N6O/c1-8(12)5-9-3-4-10(6-13-9)18-7-11-14-16-17(2)15-11/h3-4,6,8H,5,7,12H2,1-2H3. The van der Waals surface area contributed by atoms with Gasteiger partial charge in [-0.15, -0.1) is 10.2 Å². The molecule has 0 aliphatic carbocycles. The number of hydrogen-bond acceptors (Lipinski definition) is 6. The molecule has 0 fully saturated rings. The number of aryl methyl sites for hydroxylation is 1. The molecule has 7 heteroatoms. The molecule has 2 aromatic heterocycles. The van der Waals surface area contributed by atoms with Gasteiger partial charge in [0.2, 0.25) is 5.82 Å². The van der Waals surface area contributed by atoms with Gasteiger partial charge in [-0.2, -0.15) is 4.80 Å². The molecule has 0 saturated heterocycles. The summed E-state index contributed by atoms with van der Waals surface area (Å²) in [5.41, 5.74) is 6.66. The molecule has 2 heterocycles. The molecule has 0 bridgehead atoms. The van der Waals surface area contributed by atoms with E-state index in [1.807, 2.05) is 19.1 Å². The highest BCUT2D eigenvalue weighted by atomic mass is 16.5. The molecule has 0 spiro atoms. The Balaban J connectivity index is 1.90. The van der Waals surface area contributed by atoms with Gasteiger partial charge in [0.05, 0.1) is 13.2 Å². The molecule has 0 aliphatic rings. The van der Waals surface area contributed by atoms with Gasteiger partial charge >= 0.3 is 0 Å². The number of rotatable bonds is 5. The van der Waals surface area contributed by atoms with Crippen LogP contribution < -0.4 is 10.5 Å². The maximum atomic E-state index is 5.70. The molecule has 0 saturated carbocycles. The van der Waals surface area contributed by atoms with Crippen LogP contribution in [0.1, 0.15) is 18.4 Å². The van der Waals surface area contributed by atoms with Gasteiger partial charge in [-0.1, -0.05) is 0 Å². The second kappa shape index (κ2) is 5.54. The van der Waals surface area contributed by atoms with Crippen LogP contribution in [0.15, 0.2) is 18.3 Å². The highest BCUT2D eigenvalue weighted by Crippen LogP contribution is 2.11. The van der Waals surface area contributed by atoms with E-state index in [1.54, 1.807) is 13.2 Å². The number of ether oxygens (including phenoxy) is 1. The molecular formula is C11H16N6O. The van der Waals surface area contributed by atoms with Crippen molar-refractivity contribution in [1.82, 2.24) is 25.2 Å². The fraction of sp³-hybridized carbons (Fsp3) is 0.455. The van der Waals surface area contributed by atoms with Crippen molar-refractivity contribution in [2.45, 2.75) is 26.0 Å². The summed E-state index contributed by atoms with van der Waals surface area (Å²) < 4.78 is 5.49. The lowest BCUT2D eigenvalue weighted by molar-refractivity contribution is 0.294. The largest absolute Gasteiger partial charge is 0.484 e. The van der Waals surface area contributed by atoms with Crippen molar-refractivity contribution in [1.29, 1.82) is 0 Å². The number of nitrogens with two attached hydrogens (primary N) is 1. The van der Waals surface area contributed by atoms with E-state index in [-0.39, 0.29) is 12.6 Å². The summed E-state index contributed by atoms with van der Waals surface area (Å²) >= 11 is 0. The van der Waals surface area contributed by atoms with E-state index in [1.165, 1.54) is 4.80 Å². The second-order valence-corrected chi connectivity index (χ2v) is 4.15. The molecule has 18 heavy (non-hydrogen) atoms. The van der Waals surface area contributed by atoms with E-state index in [0.29, 0.717) is 11.6 Å². The summed E-state index contributed by atoms with van der Waals surface area (Å²) in [6.45, 7) is 2.23. The van der Waals surface area contributed by atoms with Crippen molar-refractivity contribution in [3.63, 3.8) is 0 Å². The molecule has 96 valence electrons. The molecule has 0 amide bonds. The smallest absolute Gasteiger partial charge is 0.212 e. The van der Waals surface area contributed by atoms with E-state index in [9.17, 15) is 0 Å². The van der Waals surface area contributed by atoms with Crippen LogP contribution >= 0.6 is 0 Å². The zero-order valence-electron chi connectivity index (χ0n) is 10.4. The molecule has 2 rings (SSSR count). The lowest BCUT2D eigenvalue weighted by Gasteiger charge is -2.06. The average molecular weight is 248 g/mol. The molecule has 0 aromatic carbocycles. The molecule has 0 radical (unpaired) electrons. The summed E-state index contributed by atoms with van der Waals surface area (Å²) in [5.74, 6) is 1.22. The average Bonchev–Trinajstić information content (AvgIpc) is 2.74. The fourth-order valence-corrected chi connectivity index (χ4v) is 1.48. The minimum Gasteiger partial charge on any atom is -0.484 e. The van der Waals surface area contributed by atoms with Crippen molar-refractivity contribution in [3.8, 4) is 5.75 Å². The van der Waals surface area contributed by atoms with Gasteiger partial charge in [0.25, 0.3) is 0 Å². The number of hydrogen-bond donors (Lipinski definition) is 1. The highest BCUT2D eigenvalue weighted by molar-refractivity contribution is 5.20. The first-order valence-electron chi connectivity index (χ1n) is 5.69. The predicted molar refractivity (Wildman–Crippen MR) is 64.7 cm³/mol. The van der Waals surface area contributed by atoms with Crippen LogP contribution in [-0.4, -0.2) is 31.2 Å². The summed E-state index contributed by atoms with van der Waals surface area (Å²) in [5, 5.41) is 11.6. The van der Waals surface area contributed by atoms with Crippen molar-refractivity contribution >= 4 is 0 Å². The number of tetrazole rings is 1. The fourth-order valence-electron chi connectivity index (χ4n) is 1.48. The molecule has 2 aromatic rings. The molecule has 7 nitrogen and oxygen atoms in total. The van der Waals surface area contributed by atoms with Gasteiger partial charge < -0.3 is 10.5 Å². The van der Waals surface area contributed by atoms with Crippen molar-refractivity contribution in [2.24, 2.45) is 12.8 Å². The Morgan fingerprint density at radius 1 is 1.44 bits per heavy atom. The summed E-state index contributed by atoms with van der Waals surface area (Å²) in [6.07, 6.45) is 2.43. The monoisotopic (exact) mass is 248 g/mol. The van der Waals surface area contributed by atoms with Crippen LogP contribution in [0.5, 0.6) is 5.75 Å². The third-order valence-corrected chi connectivity index (χ3v) is 2.25. The van der Waals surface area contributed by atoms with Gasteiger partial charge in [-0.3, -0.25) is 4.98 Å². The lowest BCUT2D eigenvalue weighted by atomic mass is 10.2. The van der Waals surface area contributed by atoms with Gasteiger partial charge in [-0.25, -0.2) is 0 Å². The summed E-state index contributed by atoms with van der Waals surface area (Å²) in [7, 11) is 1.71. The van der Waals surface area contributed by atoms with E-state index in [0.717, 1.165) is 12.1 Å². The summed E-state index contributed by atoms with van der Waals surface area (Å²) in [6, 6.07) is 3.87. The van der Waals surface area contributed by atoms with E-state index < -0.39 is 0 Å². The quantitative estimate of drug-likeness (QED) is 0.805. The maximum Gasteiger partial charge on any atom is 0.212 e. The van der Waals surface area contributed by atoms with E-state index in [4.69, 9.17) is 10.5 Å².